The van der Waals surface area contributed by atoms with Gasteiger partial charge in [-0.1, -0.05) is 41.0 Å². The third kappa shape index (κ3) is 2.08. The van der Waals surface area contributed by atoms with Crippen molar-refractivity contribution in [3.8, 4) is 0 Å². The van der Waals surface area contributed by atoms with Gasteiger partial charge in [-0.25, -0.2) is 0 Å². The Labute approximate surface area is 114 Å². The van der Waals surface area contributed by atoms with E-state index < -0.39 is 0 Å². The number of para-hydroxylation sites is 1. The lowest BCUT2D eigenvalue weighted by Crippen LogP contribution is -1.92. The molecule has 3 rings (SSSR count). The van der Waals surface area contributed by atoms with Crippen LogP contribution >= 0.6 is 11.6 Å². The molecule has 0 aliphatic rings. The van der Waals surface area contributed by atoms with E-state index in [2.05, 4.69) is 15.0 Å². The van der Waals surface area contributed by atoms with Gasteiger partial charge < -0.3 is 0 Å². The fourth-order valence-corrected chi connectivity index (χ4v) is 2.39. The van der Waals surface area contributed by atoms with Crippen LogP contribution < -0.4 is 0 Å². The van der Waals surface area contributed by atoms with Crippen molar-refractivity contribution in [1.29, 1.82) is 0 Å². The van der Waals surface area contributed by atoms with Crippen molar-refractivity contribution in [1.82, 2.24) is 4.98 Å². The molecular weight excluding hydrogens is 260 g/mol. The van der Waals surface area contributed by atoms with Crippen LogP contribution in [-0.2, 0) is 6.54 Å². The highest BCUT2D eigenvalue weighted by Gasteiger charge is 2.07. The zero-order valence-electron chi connectivity index (χ0n) is 9.92. The first-order valence-electron chi connectivity index (χ1n) is 5.77. The number of hydrogen-bond acceptors (Lipinski definition) is 2. The molecule has 0 spiro atoms. The van der Waals surface area contributed by atoms with E-state index >= 15 is 0 Å². The number of azide groups is 1. The largest absolute Gasteiger partial charge is 0.252 e. The van der Waals surface area contributed by atoms with E-state index in [-0.39, 0.29) is 6.54 Å². The molecule has 0 radical (unpaired) electrons. The topological polar surface area (TPSA) is 61.7 Å². The molecule has 0 bridgehead atoms. The van der Waals surface area contributed by atoms with Crippen molar-refractivity contribution in [2.45, 2.75) is 6.54 Å². The summed E-state index contributed by atoms with van der Waals surface area (Å²) in [7, 11) is 0. The van der Waals surface area contributed by atoms with Gasteiger partial charge in [-0.2, -0.15) is 0 Å². The Bertz CT molecular complexity index is 822. The molecule has 0 amide bonds. The van der Waals surface area contributed by atoms with Crippen LogP contribution in [-0.4, -0.2) is 4.98 Å². The van der Waals surface area contributed by atoms with Crippen LogP contribution in [0.2, 0.25) is 5.02 Å². The summed E-state index contributed by atoms with van der Waals surface area (Å²) in [5.41, 5.74) is 10.1. The zero-order valence-corrected chi connectivity index (χ0v) is 10.7. The number of halogens is 1. The summed E-state index contributed by atoms with van der Waals surface area (Å²) >= 11 is 6.04. The summed E-state index contributed by atoms with van der Waals surface area (Å²) in [6.45, 7) is 0.220. The Morgan fingerprint density at radius 3 is 2.79 bits per heavy atom. The predicted octanol–water partition coefficient (Wildman–Crippen LogP) is 4.85. The molecule has 92 valence electrons. The number of fused-ring (bicyclic) bond motifs is 3. The van der Waals surface area contributed by atoms with Gasteiger partial charge in [0.2, 0.25) is 0 Å². The Morgan fingerprint density at radius 2 is 1.95 bits per heavy atom. The summed E-state index contributed by atoms with van der Waals surface area (Å²) in [5, 5.41) is 7.31. The van der Waals surface area contributed by atoms with Crippen molar-refractivity contribution in [3.63, 3.8) is 0 Å². The first kappa shape index (κ1) is 11.8. The standard InChI is InChI=1S/C14H9ClN4/c15-9-5-6-10-11-3-1-2-4-13(11)18-14(8-17-19-16)12(10)7-9/h1-7H,8H2. The average molecular weight is 269 g/mol. The molecule has 0 aliphatic heterocycles. The molecule has 1 heterocycles. The van der Waals surface area contributed by atoms with Gasteiger partial charge in [-0.3, -0.25) is 4.98 Å². The molecule has 0 aliphatic carbocycles. The van der Waals surface area contributed by atoms with Crippen LogP contribution in [0, 0.1) is 0 Å². The molecule has 1 aromatic heterocycles. The second kappa shape index (κ2) is 4.76. The SMILES string of the molecule is [N-]=[N+]=NCc1nc2ccccc2c2ccc(Cl)cc12. The van der Waals surface area contributed by atoms with Crippen molar-refractivity contribution in [2.24, 2.45) is 5.11 Å². The lowest BCUT2D eigenvalue weighted by molar-refractivity contribution is 1.01. The van der Waals surface area contributed by atoms with E-state index in [0.29, 0.717) is 5.02 Å². The molecule has 0 atom stereocenters. The van der Waals surface area contributed by atoms with Gasteiger partial charge in [0.05, 0.1) is 17.8 Å². The van der Waals surface area contributed by atoms with Crippen molar-refractivity contribution >= 4 is 33.3 Å². The van der Waals surface area contributed by atoms with Crippen LogP contribution in [0.15, 0.2) is 47.6 Å². The summed E-state index contributed by atoms with van der Waals surface area (Å²) in [4.78, 5) is 7.35. The van der Waals surface area contributed by atoms with E-state index in [1.165, 1.54) is 0 Å². The first-order chi connectivity index (χ1) is 9.29. The summed E-state index contributed by atoms with van der Waals surface area (Å²) < 4.78 is 0. The molecule has 0 fully saturated rings. The second-order valence-corrected chi connectivity index (χ2v) is 4.59. The number of aromatic nitrogens is 1. The van der Waals surface area contributed by atoms with Crippen LogP contribution in [0.25, 0.3) is 32.1 Å². The summed E-state index contributed by atoms with van der Waals surface area (Å²) in [6, 6.07) is 13.6. The van der Waals surface area contributed by atoms with Crippen LogP contribution in [0.5, 0.6) is 0 Å². The number of benzene rings is 2. The maximum atomic E-state index is 8.47. The highest BCUT2D eigenvalue weighted by Crippen LogP contribution is 2.29. The van der Waals surface area contributed by atoms with Crippen LogP contribution in [0.1, 0.15) is 5.69 Å². The molecule has 4 nitrogen and oxygen atoms in total. The van der Waals surface area contributed by atoms with Gasteiger partial charge in [0.1, 0.15) is 0 Å². The average Bonchev–Trinajstić information content (AvgIpc) is 2.44. The molecule has 19 heavy (non-hydrogen) atoms. The number of rotatable bonds is 2. The van der Waals surface area contributed by atoms with Gasteiger partial charge in [-0.15, -0.1) is 0 Å². The van der Waals surface area contributed by atoms with Gasteiger partial charge in [0.25, 0.3) is 0 Å². The van der Waals surface area contributed by atoms with Crippen LogP contribution in [0.4, 0.5) is 0 Å². The zero-order chi connectivity index (χ0) is 13.2. The number of pyridine rings is 1. The number of nitrogens with zero attached hydrogens (tertiary/aromatic N) is 4. The molecular formula is C14H9ClN4. The molecule has 0 saturated heterocycles. The second-order valence-electron chi connectivity index (χ2n) is 4.15. The Morgan fingerprint density at radius 1 is 1.11 bits per heavy atom. The van der Waals surface area contributed by atoms with Crippen molar-refractivity contribution < 1.29 is 0 Å². The predicted molar refractivity (Wildman–Crippen MR) is 77.1 cm³/mol. The summed E-state index contributed by atoms with van der Waals surface area (Å²) in [5.74, 6) is 0. The minimum Gasteiger partial charge on any atom is -0.252 e. The van der Waals surface area contributed by atoms with E-state index in [9.17, 15) is 0 Å². The van der Waals surface area contributed by atoms with E-state index in [4.69, 9.17) is 17.1 Å². The number of hydrogen-bond donors (Lipinski definition) is 0. The van der Waals surface area contributed by atoms with Crippen LogP contribution in [0.3, 0.4) is 0 Å². The van der Waals surface area contributed by atoms with Gasteiger partial charge in [-0.05, 0) is 29.1 Å². The Hall–Kier alpha value is -2.29. The fourth-order valence-electron chi connectivity index (χ4n) is 2.21. The van der Waals surface area contributed by atoms with E-state index in [1.54, 1.807) is 0 Å². The third-order valence-electron chi connectivity index (χ3n) is 3.03. The third-order valence-corrected chi connectivity index (χ3v) is 3.26. The van der Waals surface area contributed by atoms with Crippen molar-refractivity contribution in [2.75, 3.05) is 0 Å². The molecule has 0 N–H and O–H groups in total. The van der Waals surface area contributed by atoms with Crippen molar-refractivity contribution in [3.05, 3.63) is 63.6 Å². The minimum atomic E-state index is 0.220. The highest BCUT2D eigenvalue weighted by molar-refractivity contribution is 6.31. The molecule has 0 saturated carbocycles. The smallest absolute Gasteiger partial charge is 0.0711 e. The van der Waals surface area contributed by atoms with E-state index in [0.717, 1.165) is 27.4 Å². The lowest BCUT2D eigenvalue weighted by atomic mass is 10.0. The molecule has 0 unspecified atom stereocenters. The fraction of sp³-hybridized carbons (Fsp3) is 0.0714. The first-order valence-corrected chi connectivity index (χ1v) is 6.15. The minimum absolute atomic E-state index is 0.220. The maximum Gasteiger partial charge on any atom is 0.0711 e. The highest BCUT2D eigenvalue weighted by atomic mass is 35.5. The molecule has 2 aromatic carbocycles. The van der Waals surface area contributed by atoms with Gasteiger partial charge in [0, 0.05) is 20.7 Å². The quantitative estimate of drug-likeness (QED) is 0.283. The molecule has 5 heteroatoms. The van der Waals surface area contributed by atoms with Gasteiger partial charge in [0.15, 0.2) is 0 Å². The molecule has 3 aromatic rings. The monoisotopic (exact) mass is 268 g/mol. The lowest BCUT2D eigenvalue weighted by Gasteiger charge is -2.08. The maximum absolute atomic E-state index is 8.47. The van der Waals surface area contributed by atoms with E-state index in [1.807, 2.05) is 42.5 Å². The summed E-state index contributed by atoms with van der Waals surface area (Å²) in [6.07, 6.45) is 0. The normalized spacial score (nSPS) is 10.6. The Kier molecular flexibility index (Phi) is 2.95. The van der Waals surface area contributed by atoms with Gasteiger partial charge >= 0.3 is 0 Å². The Balaban J connectivity index is 2.43.